The van der Waals surface area contributed by atoms with Crippen molar-refractivity contribution in [3.8, 4) is 0 Å². The third-order valence-electron chi connectivity index (χ3n) is 6.66. The van der Waals surface area contributed by atoms with Crippen LogP contribution in [-0.2, 0) is 0 Å². The number of benzene rings is 1. The number of H-pyrrole nitrogens is 2. The number of hydrogen-bond donors (Lipinski definition) is 3. The molecule has 4 nitrogen and oxygen atoms in total. The van der Waals surface area contributed by atoms with Crippen LogP contribution in [-0.4, -0.2) is 41.0 Å². The highest BCUT2D eigenvalue weighted by Crippen LogP contribution is 2.28. The minimum atomic E-state index is -0.241. The minimum Gasteiger partial charge on any atom is -0.385 e. The molecule has 0 bridgehead atoms. The van der Waals surface area contributed by atoms with Crippen molar-refractivity contribution in [1.82, 2.24) is 20.2 Å². The highest BCUT2D eigenvalue weighted by molar-refractivity contribution is 5.86. The maximum atomic E-state index is 14.0. The first kappa shape index (κ1) is 24.8. The molecule has 3 rings (SSSR count). The van der Waals surface area contributed by atoms with Crippen molar-refractivity contribution < 1.29 is 4.39 Å². The summed E-state index contributed by atoms with van der Waals surface area (Å²) in [6, 6.07) is 4.85. The maximum Gasteiger partial charge on any atom is 0.123 e. The SMILES string of the molecule is C=C(NCC(C)CN(CC)CC)c1c(C)[nH]c(/C(CC)=c2\c(=C)[nH]c3ccc(F)cc23)c1C. The summed E-state index contributed by atoms with van der Waals surface area (Å²) < 4.78 is 14.0. The first-order chi connectivity index (χ1) is 15.7. The van der Waals surface area contributed by atoms with E-state index in [4.69, 9.17) is 0 Å². The third-order valence-corrected chi connectivity index (χ3v) is 6.66. The molecule has 33 heavy (non-hydrogen) atoms. The second kappa shape index (κ2) is 10.4. The minimum absolute atomic E-state index is 0.241. The van der Waals surface area contributed by atoms with Gasteiger partial charge in [0.1, 0.15) is 5.82 Å². The van der Waals surface area contributed by atoms with E-state index >= 15 is 0 Å². The molecule has 178 valence electrons. The van der Waals surface area contributed by atoms with Crippen LogP contribution in [0.1, 0.15) is 56.6 Å². The van der Waals surface area contributed by atoms with Crippen molar-refractivity contribution >= 4 is 28.8 Å². The second-order valence-electron chi connectivity index (χ2n) is 9.08. The Morgan fingerprint density at radius 3 is 2.48 bits per heavy atom. The fourth-order valence-corrected chi connectivity index (χ4v) is 4.92. The molecule has 0 aliphatic carbocycles. The van der Waals surface area contributed by atoms with Gasteiger partial charge in [0.05, 0.1) is 0 Å². The topological polar surface area (TPSA) is 46.8 Å². The molecule has 5 heteroatoms. The van der Waals surface area contributed by atoms with Gasteiger partial charge in [0.2, 0.25) is 0 Å². The summed E-state index contributed by atoms with van der Waals surface area (Å²) >= 11 is 0. The van der Waals surface area contributed by atoms with Gasteiger partial charge in [-0.3, -0.25) is 0 Å². The Kier molecular flexibility index (Phi) is 7.85. The number of nitrogens with zero attached hydrogens (tertiary/aromatic N) is 1. The van der Waals surface area contributed by atoms with Gasteiger partial charge in [-0.2, -0.15) is 0 Å². The standard InChI is InChI=1S/C28H39FN4/c1-9-23(27-21(8)31-25-13-12-22(29)14-24(25)27)28-18(5)26(20(7)32-28)19(6)30-15-17(4)16-33(10-2)11-3/h12-14,17,30-32H,6,8-11,15-16H2,1-5,7H3/b27-23+. The van der Waals surface area contributed by atoms with E-state index in [0.29, 0.717) is 5.92 Å². The van der Waals surface area contributed by atoms with E-state index in [2.05, 4.69) is 74.9 Å². The molecule has 0 saturated heterocycles. The molecular weight excluding hydrogens is 411 g/mol. The van der Waals surface area contributed by atoms with E-state index in [9.17, 15) is 4.39 Å². The zero-order chi connectivity index (χ0) is 24.3. The Balaban J connectivity index is 1.97. The van der Waals surface area contributed by atoms with Crippen molar-refractivity contribution in [1.29, 1.82) is 0 Å². The van der Waals surface area contributed by atoms with E-state index in [1.807, 2.05) is 0 Å². The zero-order valence-electron chi connectivity index (χ0n) is 21.1. The number of nitrogens with one attached hydrogen (secondary N) is 3. The molecule has 0 aliphatic heterocycles. The Bertz CT molecular complexity index is 1240. The number of aryl methyl sites for hydroxylation is 1. The van der Waals surface area contributed by atoms with E-state index < -0.39 is 0 Å². The summed E-state index contributed by atoms with van der Waals surface area (Å²) in [4.78, 5) is 9.36. The van der Waals surface area contributed by atoms with Gasteiger partial charge >= 0.3 is 0 Å². The monoisotopic (exact) mass is 450 g/mol. The van der Waals surface area contributed by atoms with E-state index in [1.165, 1.54) is 6.07 Å². The quantitative estimate of drug-likeness (QED) is 0.415. The molecule has 2 heterocycles. The van der Waals surface area contributed by atoms with Crippen LogP contribution in [0.5, 0.6) is 0 Å². The molecular formula is C28H39FN4. The molecule has 0 saturated carbocycles. The van der Waals surface area contributed by atoms with Crippen LogP contribution in [0.3, 0.4) is 0 Å². The smallest absolute Gasteiger partial charge is 0.123 e. The predicted octanol–water partition coefficient (Wildman–Crippen LogP) is 4.81. The lowest BCUT2D eigenvalue weighted by Crippen LogP contribution is -2.32. The number of rotatable bonds is 10. The Labute approximate surface area is 197 Å². The molecule has 0 radical (unpaired) electrons. The second-order valence-corrected chi connectivity index (χ2v) is 9.08. The average molecular weight is 451 g/mol. The van der Waals surface area contributed by atoms with E-state index in [-0.39, 0.29) is 5.82 Å². The third kappa shape index (κ3) is 5.09. The molecule has 0 amide bonds. The first-order valence-corrected chi connectivity index (χ1v) is 12.1. The molecule has 1 unspecified atom stereocenters. The summed E-state index contributed by atoms with van der Waals surface area (Å²) in [5, 5.41) is 6.23. The lowest BCUT2D eigenvalue weighted by molar-refractivity contribution is 0.260. The molecule has 3 aromatic rings. The highest BCUT2D eigenvalue weighted by atomic mass is 19.1. The number of halogens is 1. The van der Waals surface area contributed by atoms with Crippen LogP contribution >= 0.6 is 0 Å². The number of fused-ring (bicyclic) bond motifs is 1. The molecule has 0 spiro atoms. The van der Waals surface area contributed by atoms with Gasteiger partial charge in [-0.05, 0) is 68.6 Å². The summed E-state index contributed by atoms with van der Waals surface area (Å²) in [5.74, 6) is 0.281. The van der Waals surface area contributed by atoms with E-state index in [1.54, 1.807) is 12.1 Å². The van der Waals surface area contributed by atoms with Gasteiger partial charge in [-0.1, -0.05) is 40.9 Å². The van der Waals surface area contributed by atoms with Crippen LogP contribution in [0.15, 0.2) is 24.8 Å². The molecule has 2 aromatic heterocycles. The Morgan fingerprint density at radius 1 is 1.15 bits per heavy atom. The Morgan fingerprint density at radius 2 is 1.85 bits per heavy atom. The summed E-state index contributed by atoms with van der Waals surface area (Å²) in [7, 11) is 0. The number of aromatic nitrogens is 2. The number of aromatic amines is 2. The first-order valence-electron chi connectivity index (χ1n) is 12.1. The molecule has 0 aliphatic rings. The zero-order valence-corrected chi connectivity index (χ0v) is 21.1. The van der Waals surface area contributed by atoms with Crippen molar-refractivity contribution in [3.63, 3.8) is 0 Å². The lowest BCUT2D eigenvalue weighted by atomic mass is 9.99. The summed E-state index contributed by atoms with van der Waals surface area (Å²) in [5.41, 5.74) is 7.40. The fraction of sp³-hybridized carbons (Fsp3) is 0.429. The van der Waals surface area contributed by atoms with Gasteiger partial charge in [0.25, 0.3) is 0 Å². The van der Waals surface area contributed by atoms with Crippen LogP contribution in [0.4, 0.5) is 4.39 Å². The molecule has 3 N–H and O–H groups in total. The van der Waals surface area contributed by atoms with Gasteiger partial charge in [0.15, 0.2) is 0 Å². The van der Waals surface area contributed by atoms with Crippen molar-refractivity contribution in [2.24, 2.45) is 5.92 Å². The van der Waals surface area contributed by atoms with Crippen LogP contribution < -0.4 is 15.9 Å². The average Bonchev–Trinajstić information content (AvgIpc) is 3.26. The van der Waals surface area contributed by atoms with Gasteiger partial charge in [-0.25, -0.2) is 4.39 Å². The largest absolute Gasteiger partial charge is 0.385 e. The molecule has 0 fully saturated rings. The highest BCUT2D eigenvalue weighted by Gasteiger charge is 2.18. The van der Waals surface area contributed by atoms with Gasteiger partial charge < -0.3 is 20.2 Å². The normalized spacial score (nSPS) is 13.6. The summed E-state index contributed by atoms with van der Waals surface area (Å²) in [6.45, 7) is 25.7. The van der Waals surface area contributed by atoms with Crippen molar-refractivity contribution in [3.05, 3.63) is 63.7 Å². The van der Waals surface area contributed by atoms with E-state index in [0.717, 1.165) is 87.9 Å². The van der Waals surface area contributed by atoms with Crippen LogP contribution in [0, 0.1) is 25.6 Å². The fourth-order valence-electron chi connectivity index (χ4n) is 4.92. The summed E-state index contributed by atoms with van der Waals surface area (Å²) in [6.07, 6.45) is 0.799. The van der Waals surface area contributed by atoms with Crippen LogP contribution in [0.2, 0.25) is 0 Å². The lowest BCUT2D eigenvalue weighted by Gasteiger charge is -2.23. The maximum absolute atomic E-state index is 14.0. The predicted molar refractivity (Wildman–Crippen MR) is 140 cm³/mol. The number of hydrogen-bond acceptors (Lipinski definition) is 2. The molecule has 1 aromatic carbocycles. The van der Waals surface area contributed by atoms with Crippen molar-refractivity contribution in [2.75, 3.05) is 26.2 Å². The molecule has 1 atom stereocenters. The van der Waals surface area contributed by atoms with Crippen molar-refractivity contribution in [2.45, 2.75) is 48.0 Å². The van der Waals surface area contributed by atoms with Crippen LogP contribution in [0.25, 0.3) is 28.8 Å². The Hall–Kier alpha value is -2.79. The van der Waals surface area contributed by atoms with Gasteiger partial charge in [-0.15, -0.1) is 0 Å². The van der Waals surface area contributed by atoms with Gasteiger partial charge in [0, 0.05) is 57.2 Å².